The van der Waals surface area contributed by atoms with Crippen LogP contribution in [0.5, 0.6) is 17.2 Å². The molecular formula is C13H11N2O2. The first kappa shape index (κ1) is 11.3. The summed E-state index contributed by atoms with van der Waals surface area (Å²) in [4.78, 5) is 3.77. The monoisotopic (exact) mass is 227 g/mol. The lowest BCUT2D eigenvalue weighted by Crippen LogP contribution is -1.93. The molecule has 0 bridgehead atoms. The van der Waals surface area contributed by atoms with Crippen molar-refractivity contribution >= 4 is 5.69 Å². The Kier molecular flexibility index (Phi) is 3.14. The Hall–Kier alpha value is -2.23. The zero-order chi connectivity index (χ0) is 12.3. The van der Waals surface area contributed by atoms with E-state index in [4.69, 9.17) is 22.1 Å². The molecule has 0 atom stereocenters. The third-order valence-electron chi connectivity index (χ3n) is 2.15. The Bertz CT molecular complexity index is 527. The molecule has 0 aliphatic heterocycles. The normalized spacial score (nSPS) is 10.0. The van der Waals surface area contributed by atoms with Crippen LogP contribution in [0.2, 0.25) is 0 Å². The fourth-order valence-corrected chi connectivity index (χ4v) is 1.37. The molecular weight excluding hydrogens is 216 g/mol. The molecule has 2 N–H and O–H groups in total. The molecule has 17 heavy (non-hydrogen) atoms. The minimum absolute atomic E-state index is 0.150. The summed E-state index contributed by atoms with van der Waals surface area (Å²) in [5.74, 6) is 1.63. The third kappa shape index (κ3) is 2.66. The first-order valence-corrected chi connectivity index (χ1v) is 4.98. The molecule has 1 aromatic carbocycles. The molecule has 2 rings (SSSR count). The van der Waals surface area contributed by atoms with Crippen molar-refractivity contribution in [1.82, 2.24) is 4.98 Å². The van der Waals surface area contributed by atoms with Gasteiger partial charge in [-0.25, -0.2) is 0 Å². The van der Waals surface area contributed by atoms with Gasteiger partial charge in [0.1, 0.15) is 5.75 Å². The summed E-state index contributed by atoms with van der Waals surface area (Å²) in [6, 6.07) is 8.32. The summed E-state index contributed by atoms with van der Waals surface area (Å²) in [7, 11) is 1.55. The minimum atomic E-state index is 0.150. The summed E-state index contributed by atoms with van der Waals surface area (Å²) in [5.41, 5.74) is 6.40. The largest absolute Gasteiger partial charge is 0.493 e. The number of nitrogen functional groups attached to an aromatic ring is 1. The van der Waals surface area contributed by atoms with Gasteiger partial charge in [0.2, 0.25) is 0 Å². The molecule has 0 fully saturated rings. The molecule has 0 aliphatic carbocycles. The Morgan fingerprint density at radius 1 is 1.18 bits per heavy atom. The van der Waals surface area contributed by atoms with E-state index in [0.29, 0.717) is 22.9 Å². The predicted octanol–water partition coefficient (Wildman–Crippen LogP) is 2.40. The van der Waals surface area contributed by atoms with Gasteiger partial charge in [-0.3, -0.25) is 4.98 Å². The number of nitrogens with two attached hydrogens (primary N) is 1. The van der Waals surface area contributed by atoms with E-state index in [1.54, 1.807) is 31.4 Å². The van der Waals surface area contributed by atoms with Crippen LogP contribution in [0.4, 0.5) is 5.69 Å². The second-order valence-corrected chi connectivity index (χ2v) is 3.39. The average Bonchev–Trinajstić information content (AvgIpc) is 2.31. The number of methoxy groups -OCH3 is 1. The zero-order valence-corrected chi connectivity index (χ0v) is 9.31. The van der Waals surface area contributed by atoms with Crippen molar-refractivity contribution < 1.29 is 9.47 Å². The molecule has 0 saturated carbocycles. The second kappa shape index (κ2) is 4.74. The van der Waals surface area contributed by atoms with E-state index in [2.05, 4.69) is 4.98 Å². The molecule has 1 aromatic heterocycles. The molecule has 0 saturated heterocycles. The smallest absolute Gasteiger partial charge is 0.169 e. The van der Waals surface area contributed by atoms with Gasteiger partial charge >= 0.3 is 0 Å². The van der Waals surface area contributed by atoms with Crippen LogP contribution in [-0.4, -0.2) is 12.1 Å². The third-order valence-corrected chi connectivity index (χ3v) is 2.15. The van der Waals surface area contributed by atoms with Crippen molar-refractivity contribution in [3.8, 4) is 17.2 Å². The highest BCUT2D eigenvalue weighted by molar-refractivity contribution is 5.53. The SMILES string of the molecule is [C]c1cc(Oc2ccc(N)cc2OC)ccn1. The van der Waals surface area contributed by atoms with E-state index in [-0.39, 0.29) is 5.69 Å². The van der Waals surface area contributed by atoms with Crippen LogP contribution in [0.1, 0.15) is 5.69 Å². The van der Waals surface area contributed by atoms with Crippen LogP contribution >= 0.6 is 0 Å². The topological polar surface area (TPSA) is 57.4 Å². The van der Waals surface area contributed by atoms with Crippen LogP contribution in [-0.2, 0) is 0 Å². The van der Waals surface area contributed by atoms with Crippen molar-refractivity contribution in [2.45, 2.75) is 0 Å². The lowest BCUT2D eigenvalue weighted by Gasteiger charge is -2.10. The molecule has 4 nitrogen and oxygen atoms in total. The van der Waals surface area contributed by atoms with E-state index >= 15 is 0 Å². The lowest BCUT2D eigenvalue weighted by atomic mass is 10.3. The van der Waals surface area contributed by atoms with Crippen LogP contribution in [0, 0.1) is 6.92 Å². The molecule has 2 aromatic rings. The summed E-state index contributed by atoms with van der Waals surface area (Å²) in [5, 5.41) is 0. The molecule has 0 unspecified atom stereocenters. The van der Waals surface area contributed by atoms with Crippen LogP contribution < -0.4 is 15.2 Å². The number of aromatic nitrogens is 1. The number of hydrogen-bond acceptors (Lipinski definition) is 4. The number of nitrogens with zero attached hydrogens (tertiary/aromatic N) is 1. The quantitative estimate of drug-likeness (QED) is 0.818. The van der Waals surface area contributed by atoms with Gasteiger partial charge in [0, 0.05) is 24.0 Å². The van der Waals surface area contributed by atoms with Crippen molar-refractivity contribution in [1.29, 1.82) is 0 Å². The first-order valence-electron chi connectivity index (χ1n) is 4.98. The average molecular weight is 227 g/mol. The Balaban J connectivity index is 2.29. The van der Waals surface area contributed by atoms with Crippen LogP contribution in [0.15, 0.2) is 36.5 Å². The standard InChI is InChI=1S/C13H11N2O2/c1-9-7-11(5-6-15-9)17-12-4-3-10(14)8-13(12)16-2/h3-8H,14H2,2H3. The molecule has 1 heterocycles. The Labute approximate surface area is 100 Å². The van der Waals surface area contributed by atoms with Crippen molar-refractivity contribution in [2.75, 3.05) is 12.8 Å². The highest BCUT2D eigenvalue weighted by Crippen LogP contribution is 2.32. The van der Waals surface area contributed by atoms with Gasteiger partial charge in [-0.1, -0.05) is 0 Å². The second-order valence-electron chi connectivity index (χ2n) is 3.39. The summed E-state index contributed by atoms with van der Waals surface area (Å²) >= 11 is 0. The van der Waals surface area contributed by atoms with E-state index in [1.807, 2.05) is 0 Å². The van der Waals surface area contributed by atoms with E-state index < -0.39 is 0 Å². The number of anilines is 1. The van der Waals surface area contributed by atoms with Crippen LogP contribution in [0.25, 0.3) is 0 Å². The number of hydrogen-bond donors (Lipinski definition) is 1. The van der Waals surface area contributed by atoms with Gasteiger partial charge in [-0.2, -0.15) is 0 Å². The van der Waals surface area contributed by atoms with Gasteiger partial charge in [0.25, 0.3) is 0 Å². The first-order chi connectivity index (χ1) is 8.19. The summed E-state index contributed by atoms with van der Waals surface area (Å²) < 4.78 is 10.8. The molecule has 0 spiro atoms. The molecule has 0 aliphatic rings. The van der Waals surface area contributed by atoms with Gasteiger partial charge in [-0.15, -0.1) is 0 Å². The fourth-order valence-electron chi connectivity index (χ4n) is 1.37. The Morgan fingerprint density at radius 2 is 2.00 bits per heavy atom. The van der Waals surface area contributed by atoms with Gasteiger partial charge in [0.15, 0.2) is 11.5 Å². The van der Waals surface area contributed by atoms with Crippen molar-refractivity contribution in [3.63, 3.8) is 0 Å². The molecule has 4 heteroatoms. The number of benzene rings is 1. The number of ether oxygens (including phenoxy) is 2. The summed E-state index contributed by atoms with van der Waals surface area (Å²) in [6.45, 7) is 7.39. The van der Waals surface area contributed by atoms with E-state index in [0.717, 1.165) is 0 Å². The Morgan fingerprint density at radius 3 is 2.71 bits per heavy atom. The molecule has 85 valence electrons. The van der Waals surface area contributed by atoms with Gasteiger partial charge < -0.3 is 15.2 Å². The maximum absolute atomic E-state index is 7.39. The maximum Gasteiger partial charge on any atom is 0.169 e. The maximum atomic E-state index is 7.39. The predicted molar refractivity (Wildman–Crippen MR) is 64.1 cm³/mol. The fraction of sp³-hybridized carbons (Fsp3) is 0.0769. The van der Waals surface area contributed by atoms with Crippen LogP contribution in [0.3, 0.4) is 0 Å². The minimum Gasteiger partial charge on any atom is -0.493 e. The summed E-state index contributed by atoms with van der Waals surface area (Å²) in [6.07, 6.45) is 1.52. The number of pyridine rings is 1. The van der Waals surface area contributed by atoms with E-state index in [9.17, 15) is 0 Å². The van der Waals surface area contributed by atoms with Crippen molar-refractivity contribution in [2.24, 2.45) is 0 Å². The molecule has 3 radical (unpaired) electrons. The van der Waals surface area contributed by atoms with Gasteiger partial charge in [-0.05, 0) is 18.2 Å². The molecule has 0 amide bonds. The highest BCUT2D eigenvalue weighted by atomic mass is 16.5. The van der Waals surface area contributed by atoms with E-state index in [1.165, 1.54) is 12.3 Å². The highest BCUT2D eigenvalue weighted by Gasteiger charge is 2.06. The number of rotatable bonds is 3. The van der Waals surface area contributed by atoms with Gasteiger partial charge in [0.05, 0.1) is 19.7 Å². The van der Waals surface area contributed by atoms with Crippen molar-refractivity contribution in [3.05, 3.63) is 49.1 Å². The zero-order valence-electron chi connectivity index (χ0n) is 9.31. The lowest BCUT2D eigenvalue weighted by molar-refractivity contribution is 0.379.